The van der Waals surface area contributed by atoms with Gasteiger partial charge in [-0.05, 0) is 36.8 Å². The highest BCUT2D eigenvalue weighted by molar-refractivity contribution is 7.91. The summed E-state index contributed by atoms with van der Waals surface area (Å²) in [7, 11) is -3.49. The molecule has 0 bridgehead atoms. The Kier molecular flexibility index (Phi) is 5.51. The zero-order valence-electron chi connectivity index (χ0n) is 14.8. The molecule has 0 aliphatic carbocycles. The van der Waals surface area contributed by atoms with Gasteiger partial charge in [0.05, 0.1) is 28.6 Å². The Bertz CT molecular complexity index is 1070. The lowest BCUT2D eigenvalue weighted by Gasteiger charge is -2.09. The largest absolute Gasteiger partial charge is 0.395 e. The monoisotopic (exact) mass is 402 g/mol. The third-order valence-corrected chi connectivity index (χ3v) is 6.05. The van der Waals surface area contributed by atoms with Gasteiger partial charge in [0.25, 0.3) is 0 Å². The van der Waals surface area contributed by atoms with E-state index >= 15 is 0 Å². The van der Waals surface area contributed by atoms with E-state index in [1.807, 2.05) is 31.2 Å². The molecule has 5 nitrogen and oxygen atoms in total. The Labute approximate surface area is 163 Å². The van der Waals surface area contributed by atoms with Crippen molar-refractivity contribution in [3.8, 4) is 16.9 Å². The van der Waals surface area contributed by atoms with Gasteiger partial charge in [-0.15, -0.1) is 0 Å². The van der Waals surface area contributed by atoms with E-state index in [2.05, 4.69) is 11.7 Å². The van der Waals surface area contributed by atoms with Crippen molar-refractivity contribution in [1.29, 1.82) is 0 Å². The van der Waals surface area contributed by atoms with E-state index in [1.54, 1.807) is 22.9 Å². The maximum Gasteiger partial charge on any atom is 0.180 e. The summed E-state index contributed by atoms with van der Waals surface area (Å²) in [6, 6.07) is 16.0. The van der Waals surface area contributed by atoms with Crippen molar-refractivity contribution in [3.63, 3.8) is 0 Å². The molecule has 0 saturated carbocycles. The minimum Gasteiger partial charge on any atom is -0.395 e. The van der Waals surface area contributed by atoms with Crippen molar-refractivity contribution in [2.24, 2.45) is 0 Å². The number of sulfone groups is 1. The van der Waals surface area contributed by atoms with E-state index in [-0.39, 0.29) is 10.6 Å². The van der Waals surface area contributed by atoms with Crippen LogP contribution in [0, 0.1) is 0 Å². The van der Waals surface area contributed by atoms with Gasteiger partial charge in [0, 0.05) is 11.6 Å². The summed E-state index contributed by atoms with van der Waals surface area (Å²) in [6.07, 6.45) is 0. The number of aliphatic hydroxyl groups excluding tert-OH is 1. The van der Waals surface area contributed by atoms with Crippen LogP contribution >= 0.6 is 11.6 Å². The van der Waals surface area contributed by atoms with Gasteiger partial charge in [-0.2, -0.15) is 5.10 Å². The van der Waals surface area contributed by atoms with E-state index in [4.69, 9.17) is 16.7 Å². The molecule has 3 aromatic rings. The molecule has 2 aromatic carbocycles. The summed E-state index contributed by atoms with van der Waals surface area (Å²) in [5, 5.41) is 13.6. The van der Waals surface area contributed by atoms with Gasteiger partial charge in [0.15, 0.2) is 15.0 Å². The van der Waals surface area contributed by atoms with E-state index in [9.17, 15) is 8.42 Å². The third-order valence-electron chi connectivity index (χ3n) is 4.15. The van der Waals surface area contributed by atoms with E-state index < -0.39 is 16.4 Å². The van der Waals surface area contributed by atoms with Crippen molar-refractivity contribution >= 4 is 27.0 Å². The first kappa shape index (κ1) is 19.4. The standard InChI is InChI=1S/C20H19ClN2O3S/c1-14(2)15-3-7-17(8-4-15)23-19(13-20(21)22-23)16-5-9-18(10-6-16)27(25,26)12-11-24/h3-10,13,24H,1,11-12H2,2H3. The number of aromatic nitrogens is 2. The number of hydrogen-bond acceptors (Lipinski definition) is 4. The van der Waals surface area contributed by atoms with Crippen LogP contribution in [0.1, 0.15) is 12.5 Å². The Morgan fingerprint density at radius 2 is 1.78 bits per heavy atom. The Balaban J connectivity index is 2.00. The molecule has 27 heavy (non-hydrogen) atoms. The third kappa shape index (κ3) is 4.13. The molecular formula is C20H19ClN2O3S. The van der Waals surface area contributed by atoms with Gasteiger partial charge < -0.3 is 5.11 Å². The SMILES string of the molecule is C=C(C)c1ccc(-n2nc(Cl)cc2-c2ccc(S(=O)(=O)CCO)cc2)cc1. The Hall–Kier alpha value is -2.41. The van der Waals surface area contributed by atoms with Crippen molar-refractivity contribution in [2.75, 3.05) is 12.4 Å². The predicted octanol–water partition coefficient (Wildman–Crippen LogP) is 3.99. The van der Waals surface area contributed by atoms with Crippen molar-refractivity contribution < 1.29 is 13.5 Å². The molecule has 0 atom stereocenters. The second-order valence-corrected chi connectivity index (χ2v) is 8.65. The molecule has 0 radical (unpaired) electrons. The van der Waals surface area contributed by atoms with Crippen molar-refractivity contribution in [2.45, 2.75) is 11.8 Å². The van der Waals surface area contributed by atoms with Gasteiger partial charge in [-0.1, -0.05) is 48.0 Å². The maximum atomic E-state index is 12.1. The highest BCUT2D eigenvalue weighted by Crippen LogP contribution is 2.27. The van der Waals surface area contributed by atoms with Gasteiger partial charge in [0.2, 0.25) is 0 Å². The quantitative estimate of drug-likeness (QED) is 0.676. The highest BCUT2D eigenvalue weighted by atomic mass is 35.5. The summed E-state index contributed by atoms with van der Waals surface area (Å²) < 4.78 is 25.8. The van der Waals surface area contributed by atoms with Crippen LogP contribution in [-0.4, -0.2) is 35.7 Å². The number of allylic oxidation sites excluding steroid dienone is 1. The van der Waals surface area contributed by atoms with Gasteiger partial charge in [-0.25, -0.2) is 13.1 Å². The first-order chi connectivity index (χ1) is 12.8. The second kappa shape index (κ2) is 7.68. The molecule has 0 saturated heterocycles. The molecule has 0 aliphatic heterocycles. The number of halogens is 1. The zero-order valence-corrected chi connectivity index (χ0v) is 16.3. The van der Waals surface area contributed by atoms with Crippen LogP contribution < -0.4 is 0 Å². The fraction of sp³-hybridized carbons (Fsp3) is 0.150. The van der Waals surface area contributed by atoms with E-state index in [1.165, 1.54) is 12.1 Å². The number of benzene rings is 2. The van der Waals surface area contributed by atoms with Crippen LogP contribution in [0.2, 0.25) is 5.15 Å². The first-order valence-corrected chi connectivity index (χ1v) is 10.3. The maximum absolute atomic E-state index is 12.1. The molecule has 140 valence electrons. The molecular weight excluding hydrogens is 384 g/mol. The lowest BCUT2D eigenvalue weighted by atomic mass is 10.1. The molecule has 1 N–H and O–H groups in total. The molecule has 0 unspecified atom stereocenters. The van der Waals surface area contributed by atoms with Crippen molar-refractivity contribution in [3.05, 3.63) is 71.9 Å². The molecule has 0 spiro atoms. The average Bonchev–Trinajstić information content (AvgIpc) is 3.03. The topological polar surface area (TPSA) is 72.2 Å². The van der Waals surface area contributed by atoms with Crippen LogP contribution in [0.25, 0.3) is 22.5 Å². The first-order valence-electron chi connectivity index (χ1n) is 8.28. The lowest BCUT2D eigenvalue weighted by molar-refractivity contribution is 0.319. The molecule has 1 aromatic heterocycles. The molecule has 0 aliphatic rings. The number of rotatable bonds is 6. The van der Waals surface area contributed by atoms with Gasteiger partial charge >= 0.3 is 0 Å². The highest BCUT2D eigenvalue weighted by Gasteiger charge is 2.15. The smallest absolute Gasteiger partial charge is 0.180 e. The minimum absolute atomic E-state index is 0.170. The Morgan fingerprint density at radius 1 is 1.15 bits per heavy atom. The molecule has 3 rings (SSSR count). The summed E-state index contributed by atoms with van der Waals surface area (Å²) in [5.41, 5.74) is 4.37. The number of aliphatic hydroxyl groups is 1. The molecule has 1 heterocycles. The predicted molar refractivity (Wildman–Crippen MR) is 108 cm³/mol. The lowest BCUT2D eigenvalue weighted by Crippen LogP contribution is -2.09. The van der Waals surface area contributed by atoms with E-state index in [0.717, 1.165) is 28.1 Å². The number of hydrogen-bond donors (Lipinski definition) is 1. The van der Waals surface area contributed by atoms with E-state index in [0.29, 0.717) is 5.15 Å². The van der Waals surface area contributed by atoms with Crippen LogP contribution in [0.15, 0.2) is 66.1 Å². The fourth-order valence-electron chi connectivity index (χ4n) is 2.71. The van der Waals surface area contributed by atoms with Crippen LogP contribution in [0.4, 0.5) is 0 Å². The molecule has 7 heteroatoms. The Morgan fingerprint density at radius 3 is 2.33 bits per heavy atom. The second-order valence-electron chi connectivity index (χ2n) is 6.16. The fourth-order valence-corrected chi connectivity index (χ4v) is 3.92. The van der Waals surface area contributed by atoms with Gasteiger partial charge in [0.1, 0.15) is 0 Å². The minimum atomic E-state index is -3.49. The molecule has 0 amide bonds. The summed E-state index contributed by atoms with van der Waals surface area (Å²) in [6.45, 7) is 5.46. The zero-order chi connectivity index (χ0) is 19.6. The van der Waals surface area contributed by atoms with Crippen molar-refractivity contribution in [1.82, 2.24) is 9.78 Å². The summed E-state index contributed by atoms with van der Waals surface area (Å²) >= 11 is 6.12. The van der Waals surface area contributed by atoms with Crippen LogP contribution in [0.5, 0.6) is 0 Å². The van der Waals surface area contributed by atoms with Crippen LogP contribution in [-0.2, 0) is 9.84 Å². The van der Waals surface area contributed by atoms with Crippen LogP contribution in [0.3, 0.4) is 0 Å². The molecule has 0 fully saturated rings. The van der Waals surface area contributed by atoms with Gasteiger partial charge in [-0.3, -0.25) is 0 Å². The average molecular weight is 403 g/mol. The normalized spacial score (nSPS) is 11.5. The number of nitrogens with zero attached hydrogens (tertiary/aromatic N) is 2. The summed E-state index contributed by atoms with van der Waals surface area (Å²) in [4.78, 5) is 0.170. The summed E-state index contributed by atoms with van der Waals surface area (Å²) in [5.74, 6) is -0.300.